The van der Waals surface area contributed by atoms with E-state index in [1.165, 1.54) is 0 Å². The number of hydrogen-bond donors (Lipinski definition) is 0. The van der Waals surface area contributed by atoms with E-state index < -0.39 is 0 Å². The molecule has 0 amide bonds. The van der Waals surface area contributed by atoms with Crippen molar-refractivity contribution in [1.29, 1.82) is 0 Å². The van der Waals surface area contributed by atoms with Crippen LogP contribution in [0.25, 0.3) is 0 Å². The second kappa shape index (κ2) is 7.34. The highest BCUT2D eigenvalue weighted by Crippen LogP contribution is 2.06. The molecule has 2 nitrogen and oxygen atoms in total. The first-order valence-electron chi connectivity index (χ1n) is 5.29. The Kier molecular flexibility index (Phi) is 7.29. The maximum Gasteiger partial charge on any atom is 0.0519 e. The van der Waals surface area contributed by atoms with Crippen LogP contribution >= 0.6 is 0 Å². The van der Waals surface area contributed by atoms with E-state index in [1.807, 2.05) is 0 Å². The van der Waals surface area contributed by atoms with Crippen LogP contribution in [0, 0.1) is 5.92 Å². The first-order chi connectivity index (χ1) is 6.06. The van der Waals surface area contributed by atoms with Crippen molar-refractivity contribution in [3.8, 4) is 0 Å². The number of ether oxygens (including phenoxy) is 2. The Morgan fingerprint density at radius 3 is 1.46 bits per heavy atom. The Morgan fingerprint density at radius 2 is 1.23 bits per heavy atom. The van der Waals surface area contributed by atoms with Gasteiger partial charge in [0, 0.05) is 5.92 Å². The summed E-state index contributed by atoms with van der Waals surface area (Å²) in [7, 11) is 0. The van der Waals surface area contributed by atoms with Crippen LogP contribution in [0.1, 0.15) is 41.0 Å². The highest BCUT2D eigenvalue weighted by molar-refractivity contribution is 4.56. The lowest BCUT2D eigenvalue weighted by Gasteiger charge is -2.18. The predicted molar refractivity (Wildman–Crippen MR) is 56.0 cm³/mol. The molecule has 0 aliphatic rings. The van der Waals surface area contributed by atoms with Gasteiger partial charge in [-0.1, -0.05) is 6.92 Å². The smallest absolute Gasteiger partial charge is 0.0519 e. The van der Waals surface area contributed by atoms with Gasteiger partial charge in [-0.25, -0.2) is 0 Å². The maximum absolute atomic E-state index is 5.55. The Morgan fingerprint density at radius 1 is 0.846 bits per heavy atom. The van der Waals surface area contributed by atoms with Gasteiger partial charge in [-0.05, 0) is 34.1 Å². The molecule has 0 bridgehead atoms. The number of rotatable bonds is 7. The summed E-state index contributed by atoms with van der Waals surface area (Å²) in [4.78, 5) is 0. The summed E-state index contributed by atoms with van der Waals surface area (Å²) in [6.07, 6.45) is 1.78. The van der Waals surface area contributed by atoms with Crippen molar-refractivity contribution in [3.63, 3.8) is 0 Å². The third-order valence-corrected chi connectivity index (χ3v) is 1.91. The zero-order valence-corrected chi connectivity index (χ0v) is 9.67. The third-order valence-electron chi connectivity index (χ3n) is 1.91. The lowest BCUT2D eigenvalue weighted by Crippen LogP contribution is -2.20. The molecule has 0 heterocycles. The van der Waals surface area contributed by atoms with Gasteiger partial charge in [0.05, 0.1) is 25.4 Å². The minimum absolute atomic E-state index is 0.327. The lowest BCUT2D eigenvalue weighted by atomic mass is 10.1. The normalized spacial score (nSPS) is 12.0. The van der Waals surface area contributed by atoms with Crippen molar-refractivity contribution >= 4 is 0 Å². The van der Waals surface area contributed by atoms with Gasteiger partial charge in [0.2, 0.25) is 0 Å². The molecule has 0 saturated carbocycles. The van der Waals surface area contributed by atoms with Gasteiger partial charge >= 0.3 is 0 Å². The number of hydrogen-bond acceptors (Lipinski definition) is 2. The van der Waals surface area contributed by atoms with E-state index in [-0.39, 0.29) is 0 Å². The molecule has 0 aromatic rings. The molecule has 13 heavy (non-hydrogen) atoms. The molecule has 0 radical (unpaired) electrons. The van der Waals surface area contributed by atoms with Crippen LogP contribution in [-0.2, 0) is 9.47 Å². The second-order valence-electron chi connectivity index (χ2n) is 4.04. The quantitative estimate of drug-likeness (QED) is 0.611. The van der Waals surface area contributed by atoms with Crippen LogP contribution in [0.2, 0.25) is 0 Å². The average Bonchev–Trinajstić information content (AvgIpc) is 2.04. The van der Waals surface area contributed by atoms with E-state index in [0.29, 0.717) is 18.1 Å². The van der Waals surface area contributed by atoms with Gasteiger partial charge in [0.1, 0.15) is 0 Å². The first kappa shape index (κ1) is 12.9. The molecule has 0 fully saturated rings. The minimum Gasteiger partial charge on any atom is -0.378 e. The van der Waals surface area contributed by atoms with Gasteiger partial charge in [-0.15, -0.1) is 0 Å². The van der Waals surface area contributed by atoms with E-state index in [1.54, 1.807) is 0 Å². The van der Waals surface area contributed by atoms with E-state index in [2.05, 4.69) is 34.6 Å². The molecule has 0 spiro atoms. The fourth-order valence-electron chi connectivity index (χ4n) is 0.941. The second-order valence-corrected chi connectivity index (χ2v) is 4.04. The van der Waals surface area contributed by atoms with Crippen LogP contribution < -0.4 is 0 Å². The van der Waals surface area contributed by atoms with E-state index in [4.69, 9.17) is 9.47 Å². The third kappa shape index (κ3) is 8.26. The summed E-state index contributed by atoms with van der Waals surface area (Å²) in [5.41, 5.74) is 0. The minimum atomic E-state index is 0.327. The Balaban J connectivity index is 3.51. The zero-order chi connectivity index (χ0) is 10.3. The SMILES string of the molecule is CCC(COC(C)C)COC(C)C. The largest absolute Gasteiger partial charge is 0.378 e. The summed E-state index contributed by atoms with van der Waals surface area (Å²) < 4.78 is 11.1. The highest BCUT2D eigenvalue weighted by Gasteiger charge is 2.08. The van der Waals surface area contributed by atoms with Crippen molar-refractivity contribution < 1.29 is 9.47 Å². The van der Waals surface area contributed by atoms with Crippen LogP contribution in [0.4, 0.5) is 0 Å². The van der Waals surface area contributed by atoms with Crippen molar-refractivity contribution in [2.24, 2.45) is 5.92 Å². The molecular weight excluding hydrogens is 164 g/mol. The van der Waals surface area contributed by atoms with Crippen LogP contribution in [0.15, 0.2) is 0 Å². The van der Waals surface area contributed by atoms with Gasteiger partial charge in [0.25, 0.3) is 0 Å². The summed E-state index contributed by atoms with van der Waals surface area (Å²) in [5.74, 6) is 0.546. The summed E-state index contributed by atoms with van der Waals surface area (Å²) >= 11 is 0. The van der Waals surface area contributed by atoms with Crippen molar-refractivity contribution in [2.75, 3.05) is 13.2 Å². The van der Waals surface area contributed by atoms with Crippen molar-refractivity contribution in [1.82, 2.24) is 0 Å². The highest BCUT2D eigenvalue weighted by atomic mass is 16.5. The zero-order valence-electron chi connectivity index (χ0n) is 9.67. The molecule has 80 valence electrons. The van der Waals surface area contributed by atoms with Crippen molar-refractivity contribution in [2.45, 2.75) is 53.2 Å². The molecule has 0 aromatic heterocycles. The van der Waals surface area contributed by atoms with E-state index in [0.717, 1.165) is 19.6 Å². The van der Waals surface area contributed by atoms with Crippen molar-refractivity contribution in [3.05, 3.63) is 0 Å². The summed E-state index contributed by atoms with van der Waals surface area (Å²) in [6, 6.07) is 0. The molecule has 0 N–H and O–H groups in total. The molecule has 0 atom stereocenters. The van der Waals surface area contributed by atoms with Crippen LogP contribution in [0.3, 0.4) is 0 Å². The van der Waals surface area contributed by atoms with Gasteiger partial charge < -0.3 is 9.47 Å². The molecule has 0 aliphatic carbocycles. The molecule has 2 heteroatoms. The molecule has 0 aromatic carbocycles. The van der Waals surface area contributed by atoms with Gasteiger partial charge in [-0.2, -0.15) is 0 Å². The predicted octanol–water partition coefficient (Wildman–Crippen LogP) is 2.86. The molecule has 0 saturated heterocycles. The summed E-state index contributed by atoms with van der Waals surface area (Å²) in [5, 5.41) is 0. The van der Waals surface area contributed by atoms with Crippen LogP contribution in [0.5, 0.6) is 0 Å². The van der Waals surface area contributed by atoms with Gasteiger partial charge in [-0.3, -0.25) is 0 Å². The molecule has 0 aliphatic heterocycles. The lowest BCUT2D eigenvalue weighted by molar-refractivity contribution is -0.00424. The topological polar surface area (TPSA) is 18.5 Å². The standard InChI is InChI=1S/C11H24O2/c1-6-11(7-12-9(2)3)8-13-10(4)5/h9-11H,6-8H2,1-5H3. The van der Waals surface area contributed by atoms with E-state index in [9.17, 15) is 0 Å². The Labute approximate surface area is 82.6 Å². The monoisotopic (exact) mass is 188 g/mol. The fraction of sp³-hybridized carbons (Fsp3) is 1.00. The van der Waals surface area contributed by atoms with Gasteiger partial charge in [0.15, 0.2) is 0 Å². The first-order valence-corrected chi connectivity index (χ1v) is 5.29. The summed E-state index contributed by atoms with van der Waals surface area (Å²) in [6.45, 7) is 12.1. The molecule has 0 unspecified atom stereocenters. The molecular formula is C11H24O2. The Bertz CT molecular complexity index is 98.7. The van der Waals surface area contributed by atoms with Crippen LogP contribution in [-0.4, -0.2) is 25.4 Å². The molecule has 0 rings (SSSR count). The maximum atomic E-state index is 5.55. The fourth-order valence-corrected chi connectivity index (χ4v) is 0.941. The average molecular weight is 188 g/mol. The van der Waals surface area contributed by atoms with E-state index >= 15 is 0 Å². The Hall–Kier alpha value is -0.0800.